The van der Waals surface area contributed by atoms with Gasteiger partial charge in [-0.25, -0.2) is 4.79 Å². The summed E-state index contributed by atoms with van der Waals surface area (Å²) >= 11 is 0. The highest BCUT2D eigenvalue weighted by Crippen LogP contribution is 2.23. The predicted octanol–water partition coefficient (Wildman–Crippen LogP) is 2.89. The standard InChI is InChI=1S/C17H24O5/c1-4-21-17(20)11-12(2)9-10-16(22-13(3)18)14-7-5-6-8-15(14)19/h7,11,16H,4-6,8-10H2,1-3H3/b12-11+. The lowest BCUT2D eigenvalue weighted by molar-refractivity contribution is -0.145. The van der Waals surface area contributed by atoms with Gasteiger partial charge >= 0.3 is 11.9 Å². The van der Waals surface area contributed by atoms with E-state index in [1.807, 2.05) is 13.0 Å². The molecule has 1 unspecified atom stereocenters. The number of rotatable bonds is 7. The lowest BCUT2D eigenvalue weighted by Crippen LogP contribution is -2.25. The van der Waals surface area contributed by atoms with Gasteiger partial charge in [-0.2, -0.15) is 0 Å². The highest BCUT2D eigenvalue weighted by Gasteiger charge is 2.25. The van der Waals surface area contributed by atoms with E-state index < -0.39 is 12.1 Å². The second-order valence-corrected chi connectivity index (χ2v) is 5.35. The van der Waals surface area contributed by atoms with E-state index in [9.17, 15) is 14.4 Å². The van der Waals surface area contributed by atoms with Crippen molar-refractivity contribution in [3.05, 3.63) is 23.3 Å². The lowest BCUT2D eigenvalue weighted by Gasteiger charge is -2.22. The van der Waals surface area contributed by atoms with E-state index in [1.165, 1.54) is 13.0 Å². The second kappa shape index (κ2) is 9.18. The molecule has 0 aromatic carbocycles. The highest BCUT2D eigenvalue weighted by atomic mass is 16.5. The number of Topliss-reactive ketones (excluding diaryl/α,β-unsaturated/α-hetero) is 1. The first-order chi connectivity index (χ1) is 10.4. The first kappa shape index (κ1) is 18.1. The summed E-state index contributed by atoms with van der Waals surface area (Å²) in [7, 11) is 0. The Kier molecular flexibility index (Phi) is 7.57. The van der Waals surface area contributed by atoms with Crippen LogP contribution in [0.3, 0.4) is 0 Å². The van der Waals surface area contributed by atoms with E-state index >= 15 is 0 Å². The van der Waals surface area contributed by atoms with Crippen molar-refractivity contribution >= 4 is 17.7 Å². The normalized spacial score (nSPS) is 16.8. The number of esters is 2. The van der Waals surface area contributed by atoms with Gasteiger partial charge in [-0.15, -0.1) is 0 Å². The third kappa shape index (κ3) is 6.24. The molecule has 122 valence electrons. The number of hydrogen-bond donors (Lipinski definition) is 0. The Morgan fingerprint density at radius 2 is 2.09 bits per heavy atom. The smallest absolute Gasteiger partial charge is 0.330 e. The van der Waals surface area contributed by atoms with Crippen LogP contribution in [0.2, 0.25) is 0 Å². The van der Waals surface area contributed by atoms with Gasteiger partial charge in [-0.05, 0) is 39.5 Å². The van der Waals surface area contributed by atoms with Gasteiger partial charge in [0, 0.05) is 25.0 Å². The molecule has 1 atom stereocenters. The van der Waals surface area contributed by atoms with Crippen molar-refractivity contribution in [3.8, 4) is 0 Å². The van der Waals surface area contributed by atoms with Gasteiger partial charge in [0.1, 0.15) is 6.10 Å². The minimum Gasteiger partial charge on any atom is -0.463 e. The van der Waals surface area contributed by atoms with Gasteiger partial charge in [0.05, 0.1) is 6.61 Å². The molecule has 1 aliphatic rings. The number of ether oxygens (including phenoxy) is 2. The average Bonchev–Trinajstić information content (AvgIpc) is 2.44. The van der Waals surface area contributed by atoms with Crippen LogP contribution in [0.15, 0.2) is 23.3 Å². The number of allylic oxidation sites excluding steroid dienone is 2. The average molecular weight is 308 g/mol. The monoisotopic (exact) mass is 308 g/mol. The quantitative estimate of drug-likeness (QED) is 0.534. The number of hydrogen-bond acceptors (Lipinski definition) is 5. The van der Waals surface area contributed by atoms with Crippen molar-refractivity contribution in [2.24, 2.45) is 0 Å². The minimum absolute atomic E-state index is 0.0459. The Bertz CT molecular complexity index is 487. The van der Waals surface area contributed by atoms with E-state index in [4.69, 9.17) is 9.47 Å². The molecule has 0 spiro atoms. The molecule has 0 saturated carbocycles. The van der Waals surface area contributed by atoms with Gasteiger partial charge in [-0.1, -0.05) is 11.6 Å². The Hall–Kier alpha value is -1.91. The van der Waals surface area contributed by atoms with E-state index in [0.29, 0.717) is 31.4 Å². The summed E-state index contributed by atoms with van der Waals surface area (Å²) < 4.78 is 10.1. The largest absolute Gasteiger partial charge is 0.463 e. The fourth-order valence-electron chi connectivity index (χ4n) is 2.38. The van der Waals surface area contributed by atoms with Crippen LogP contribution in [0.25, 0.3) is 0 Å². The lowest BCUT2D eigenvalue weighted by atomic mass is 9.91. The SMILES string of the molecule is CCOC(=O)/C=C(\C)CCC(OC(C)=O)C1=CCCCC1=O. The van der Waals surface area contributed by atoms with Crippen molar-refractivity contribution in [2.75, 3.05) is 6.61 Å². The van der Waals surface area contributed by atoms with Crippen molar-refractivity contribution in [3.63, 3.8) is 0 Å². The molecule has 0 saturated heterocycles. The molecule has 0 fully saturated rings. The molecule has 0 heterocycles. The number of carbonyl (C=O) groups excluding carboxylic acids is 3. The van der Waals surface area contributed by atoms with Crippen molar-refractivity contribution in [1.82, 2.24) is 0 Å². The van der Waals surface area contributed by atoms with Crippen LogP contribution in [0.5, 0.6) is 0 Å². The molecule has 0 radical (unpaired) electrons. The van der Waals surface area contributed by atoms with Gasteiger partial charge in [0.15, 0.2) is 5.78 Å². The van der Waals surface area contributed by atoms with Crippen molar-refractivity contribution in [2.45, 2.75) is 59.0 Å². The molecule has 0 bridgehead atoms. The predicted molar refractivity (Wildman–Crippen MR) is 82.1 cm³/mol. The molecule has 22 heavy (non-hydrogen) atoms. The molecule has 5 heteroatoms. The second-order valence-electron chi connectivity index (χ2n) is 5.35. The van der Waals surface area contributed by atoms with E-state index in [-0.39, 0.29) is 11.8 Å². The molecule has 0 aliphatic heterocycles. The van der Waals surface area contributed by atoms with E-state index in [2.05, 4.69) is 0 Å². The summed E-state index contributed by atoms with van der Waals surface area (Å²) in [5.41, 5.74) is 1.42. The topological polar surface area (TPSA) is 69.7 Å². The molecule has 1 aliphatic carbocycles. The number of ketones is 1. The van der Waals surface area contributed by atoms with Crippen LogP contribution in [0, 0.1) is 0 Å². The van der Waals surface area contributed by atoms with Gasteiger partial charge < -0.3 is 9.47 Å². The molecule has 0 N–H and O–H groups in total. The maximum absolute atomic E-state index is 12.0. The number of carbonyl (C=O) groups is 3. The Labute approximate surface area is 131 Å². The molecular weight excluding hydrogens is 284 g/mol. The molecular formula is C17H24O5. The first-order valence-corrected chi connectivity index (χ1v) is 7.68. The summed E-state index contributed by atoms with van der Waals surface area (Å²) in [5.74, 6) is -0.738. The zero-order valence-corrected chi connectivity index (χ0v) is 13.5. The molecule has 5 nitrogen and oxygen atoms in total. The van der Waals surface area contributed by atoms with Crippen LogP contribution < -0.4 is 0 Å². The summed E-state index contributed by atoms with van der Waals surface area (Å²) in [6.45, 7) is 5.24. The Morgan fingerprint density at radius 1 is 1.36 bits per heavy atom. The van der Waals surface area contributed by atoms with Crippen LogP contribution in [0.1, 0.15) is 52.9 Å². The van der Waals surface area contributed by atoms with Crippen LogP contribution in [-0.4, -0.2) is 30.4 Å². The molecule has 0 aromatic rings. The van der Waals surface area contributed by atoms with Gasteiger partial charge in [0.25, 0.3) is 0 Å². The highest BCUT2D eigenvalue weighted by molar-refractivity contribution is 5.97. The summed E-state index contributed by atoms with van der Waals surface area (Å²) in [6.07, 6.45) is 5.99. The first-order valence-electron chi connectivity index (χ1n) is 7.68. The van der Waals surface area contributed by atoms with Gasteiger partial charge in [-0.3, -0.25) is 9.59 Å². The van der Waals surface area contributed by atoms with Crippen LogP contribution >= 0.6 is 0 Å². The van der Waals surface area contributed by atoms with E-state index in [1.54, 1.807) is 6.92 Å². The van der Waals surface area contributed by atoms with Gasteiger partial charge in [0.2, 0.25) is 0 Å². The van der Waals surface area contributed by atoms with E-state index in [0.717, 1.165) is 18.4 Å². The molecule has 0 aromatic heterocycles. The maximum Gasteiger partial charge on any atom is 0.330 e. The molecule has 0 amide bonds. The Balaban J connectivity index is 2.70. The fourth-order valence-corrected chi connectivity index (χ4v) is 2.38. The van der Waals surface area contributed by atoms with Crippen molar-refractivity contribution < 1.29 is 23.9 Å². The zero-order valence-electron chi connectivity index (χ0n) is 13.5. The minimum atomic E-state index is -0.532. The summed E-state index contributed by atoms with van der Waals surface area (Å²) in [4.78, 5) is 34.6. The fraction of sp³-hybridized carbons (Fsp3) is 0.588. The summed E-state index contributed by atoms with van der Waals surface area (Å²) in [5, 5.41) is 0. The van der Waals surface area contributed by atoms with Crippen LogP contribution in [-0.2, 0) is 23.9 Å². The Morgan fingerprint density at radius 3 is 2.68 bits per heavy atom. The third-order valence-corrected chi connectivity index (χ3v) is 3.40. The maximum atomic E-state index is 12.0. The van der Waals surface area contributed by atoms with Crippen molar-refractivity contribution in [1.29, 1.82) is 0 Å². The zero-order chi connectivity index (χ0) is 16.5. The molecule has 1 rings (SSSR count). The third-order valence-electron chi connectivity index (χ3n) is 3.40. The van der Waals surface area contributed by atoms with Crippen LogP contribution in [0.4, 0.5) is 0 Å². The summed E-state index contributed by atoms with van der Waals surface area (Å²) in [6, 6.07) is 0.